The molecule has 0 heterocycles. The summed E-state index contributed by atoms with van der Waals surface area (Å²) in [6.07, 6.45) is 4.48. The van der Waals surface area contributed by atoms with Gasteiger partial charge in [-0.3, -0.25) is 4.79 Å². The topological polar surface area (TPSA) is 47.6 Å². The molecule has 1 aliphatic carbocycles. The number of rotatable bonds is 5. The summed E-state index contributed by atoms with van der Waals surface area (Å²) in [6.45, 7) is 0.605. The molecule has 116 valence electrons. The number of carbonyl (C=O) groups excluding carboxylic acids is 1. The van der Waals surface area contributed by atoms with E-state index in [-0.39, 0.29) is 11.3 Å². The van der Waals surface area contributed by atoms with E-state index < -0.39 is 0 Å². The average Bonchev–Trinajstić information content (AvgIpc) is 2.53. The SMILES string of the molecule is COc1ccc(OC)c(C(=O)NCC2CCCCC2Cl)c1. The summed E-state index contributed by atoms with van der Waals surface area (Å²) < 4.78 is 10.4. The summed E-state index contributed by atoms with van der Waals surface area (Å²) in [7, 11) is 3.12. The molecule has 1 fully saturated rings. The van der Waals surface area contributed by atoms with E-state index in [0.29, 0.717) is 29.5 Å². The molecule has 4 nitrogen and oxygen atoms in total. The Morgan fingerprint density at radius 3 is 2.71 bits per heavy atom. The maximum absolute atomic E-state index is 12.4. The third kappa shape index (κ3) is 4.03. The van der Waals surface area contributed by atoms with E-state index in [1.807, 2.05) is 0 Å². The maximum atomic E-state index is 12.4. The van der Waals surface area contributed by atoms with Crippen molar-refractivity contribution < 1.29 is 14.3 Å². The highest BCUT2D eigenvalue weighted by molar-refractivity contribution is 6.20. The van der Waals surface area contributed by atoms with Crippen LogP contribution in [0.25, 0.3) is 0 Å². The normalized spacial score (nSPS) is 21.7. The van der Waals surface area contributed by atoms with Crippen LogP contribution in [0, 0.1) is 5.92 Å². The Labute approximate surface area is 130 Å². The van der Waals surface area contributed by atoms with Gasteiger partial charge < -0.3 is 14.8 Å². The van der Waals surface area contributed by atoms with Crippen LogP contribution in [-0.4, -0.2) is 32.0 Å². The van der Waals surface area contributed by atoms with Gasteiger partial charge in [-0.25, -0.2) is 0 Å². The zero-order chi connectivity index (χ0) is 15.2. The first-order valence-electron chi connectivity index (χ1n) is 7.30. The third-order valence-corrected chi connectivity index (χ3v) is 4.57. The van der Waals surface area contributed by atoms with E-state index in [1.165, 1.54) is 12.8 Å². The molecule has 1 saturated carbocycles. The van der Waals surface area contributed by atoms with Crippen molar-refractivity contribution in [2.24, 2.45) is 5.92 Å². The Hall–Kier alpha value is -1.42. The maximum Gasteiger partial charge on any atom is 0.255 e. The summed E-state index contributed by atoms with van der Waals surface area (Å²) >= 11 is 6.32. The van der Waals surface area contributed by atoms with Crippen molar-refractivity contribution in [1.82, 2.24) is 5.32 Å². The van der Waals surface area contributed by atoms with E-state index >= 15 is 0 Å². The van der Waals surface area contributed by atoms with Crippen molar-refractivity contribution in [3.8, 4) is 11.5 Å². The second kappa shape index (κ2) is 7.55. The quantitative estimate of drug-likeness (QED) is 0.849. The average molecular weight is 312 g/mol. The molecule has 2 unspecified atom stereocenters. The van der Waals surface area contributed by atoms with Crippen LogP contribution in [0.4, 0.5) is 0 Å². The Balaban J connectivity index is 2.02. The molecule has 0 radical (unpaired) electrons. The first kappa shape index (κ1) is 16.0. The van der Waals surface area contributed by atoms with Crippen LogP contribution in [0.15, 0.2) is 18.2 Å². The minimum absolute atomic E-state index is 0.153. The Morgan fingerprint density at radius 2 is 2.05 bits per heavy atom. The highest BCUT2D eigenvalue weighted by Crippen LogP contribution is 2.28. The number of hydrogen-bond donors (Lipinski definition) is 1. The summed E-state index contributed by atoms with van der Waals surface area (Å²) in [5.74, 6) is 1.37. The number of hydrogen-bond acceptors (Lipinski definition) is 3. The van der Waals surface area contributed by atoms with E-state index in [9.17, 15) is 4.79 Å². The van der Waals surface area contributed by atoms with Crippen LogP contribution in [0.5, 0.6) is 11.5 Å². The van der Waals surface area contributed by atoms with Crippen molar-refractivity contribution in [3.05, 3.63) is 23.8 Å². The number of amides is 1. The zero-order valence-corrected chi connectivity index (χ0v) is 13.3. The van der Waals surface area contributed by atoms with Crippen molar-refractivity contribution >= 4 is 17.5 Å². The molecule has 0 aromatic heterocycles. The van der Waals surface area contributed by atoms with E-state index in [2.05, 4.69) is 5.32 Å². The van der Waals surface area contributed by atoms with Gasteiger partial charge in [-0.2, -0.15) is 0 Å². The van der Waals surface area contributed by atoms with Gasteiger partial charge in [0.15, 0.2) is 0 Å². The summed E-state index contributed by atoms with van der Waals surface area (Å²) in [5.41, 5.74) is 0.485. The van der Waals surface area contributed by atoms with Crippen molar-refractivity contribution in [1.29, 1.82) is 0 Å². The first-order valence-corrected chi connectivity index (χ1v) is 7.73. The Morgan fingerprint density at radius 1 is 1.29 bits per heavy atom. The first-order chi connectivity index (χ1) is 10.2. The molecular formula is C16H22ClNO3. The van der Waals surface area contributed by atoms with E-state index in [4.69, 9.17) is 21.1 Å². The number of benzene rings is 1. The second-order valence-electron chi connectivity index (χ2n) is 5.34. The van der Waals surface area contributed by atoms with Gasteiger partial charge in [-0.05, 0) is 37.0 Å². The molecule has 1 aromatic carbocycles. The molecule has 1 aliphatic rings. The molecular weight excluding hydrogens is 290 g/mol. The lowest BCUT2D eigenvalue weighted by atomic mass is 9.88. The molecule has 0 bridgehead atoms. The van der Waals surface area contributed by atoms with Gasteiger partial charge in [-0.15, -0.1) is 11.6 Å². The number of carbonyl (C=O) groups is 1. The summed E-state index contributed by atoms with van der Waals surface area (Å²) in [5, 5.41) is 3.12. The molecule has 2 rings (SSSR count). The van der Waals surface area contributed by atoms with Crippen LogP contribution in [0.2, 0.25) is 0 Å². The van der Waals surface area contributed by atoms with Gasteiger partial charge in [0.05, 0.1) is 19.8 Å². The summed E-state index contributed by atoms with van der Waals surface area (Å²) in [4.78, 5) is 12.4. The smallest absolute Gasteiger partial charge is 0.255 e. The minimum atomic E-state index is -0.153. The van der Waals surface area contributed by atoms with Gasteiger partial charge >= 0.3 is 0 Å². The molecule has 1 aromatic rings. The Kier molecular flexibility index (Phi) is 5.74. The standard InChI is InChI=1S/C16H22ClNO3/c1-20-12-7-8-15(21-2)13(9-12)16(19)18-10-11-5-3-4-6-14(11)17/h7-9,11,14H,3-6,10H2,1-2H3,(H,18,19). The second-order valence-corrected chi connectivity index (χ2v) is 5.90. The van der Waals surface area contributed by atoms with Gasteiger partial charge in [0.1, 0.15) is 11.5 Å². The predicted octanol–water partition coefficient (Wildman–Crippen LogP) is 3.23. The predicted molar refractivity (Wildman–Crippen MR) is 83.5 cm³/mol. The lowest BCUT2D eigenvalue weighted by molar-refractivity contribution is 0.0940. The molecule has 5 heteroatoms. The van der Waals surface area contributed by atoms with Crippen LogP contribution in [0.3, 0.4) is 0 Å². The van der Waals surface area contributed by atoms with Gasteiger partial charge in [-0.1, -0.05) is 12.8 Å². The number of halogens is 1. The molecule has 21 heavy (non-hydrogen) atoms. The molecule has 1 N–H and O–H groups in total. The van der Waals surface area contributed by atoms with Crippen molar-refractivity contribution in [2.45, 2.75) is 31.1 Å². The molecule has 0 saturated heterocycles. The molecule has 0 spiro atoms. The van der Waals surface area contributed by atoms with Crippen molar-refractivity contribution in [3.63, 3.8) is 0 Å². The van der Waals surface area contributed by atoms with Crippen LogP contribution in [0.1, 0.15) is 36.0 Å². The van der Waals surface area contributed by atoms with Gasteiger partial charge in [0, 0.05) is 11.9 Å². The van der Waals surface area contributed by atoms with Crippen LogP contribution >= 0.6 is 11.6 Å². The fourth-order valence-electron chi connectivity index (χ4n) is 2.70. The number of alkyl halides is 1. The molecule has 1 amide bonds. The highest BCUT2D eigenvalue weighted by atomic mass is 35.5. The highest BCUT2D eigenvalue weighted by Gasteiger charge is 2.24. The molecule has 0 aliphatic heterocycles. The van der Waals surface area contributed by atoms with Gasteiger partial charge in [0.25, 0.3) is 5.91 Å². The monoisotopic (exact) mass is 311 g/mol. The zero-order valence-electron chi connectivity index (χ0n) is 12.5. The lowest BCUT2D eigenvalue weighted by Crippen LogP contribution is -2.34. The fourth-order valence-corrected chi connectivity index (χ4v) is 3.07. The van der Waals surface area contributed by atoms with Crippen LogP contribution < -0.4 is 14.8 Å². The fraction of sp³-hybridized carbons (Fsp3) is 0.562. The minimum Gasteiger partial charge on any atom is -0.497 e. The molecule has 2 atom stereocenters. The van der Waals surface area contributed by atoms with Crippen molar-refractivity contribution in [2.75, 3.05) is 20.8 Å². The largest absolute Gasteiger partial charge is 0.497 e. The van der Waals surface area contributed by atoms with E-state index in [0.717, 1.165) is 12.8 Å². The Bertz CT molecular complexity index is 492. The van der Waals surface area contributed by atoms with Crippen LogP contribution in [-0.2, 0) is 0 Å². The number of nitrogens with one attached hydrogen (secondary N) is 1. The lowest BCUT2D eigenvalue weighted by Gasteiger charge is -2.27. The van der Waals surface area contributed by atoms with Gasteiger partial charge in [0.2, 0.25) is 0 Å². The number of ether oxygens (including phenoxy) is 2. The van der Waals surface area contributed by atoms with E-state index in [1.54, 1.807) is 32.4 Å². The summed E-state index contributed by atoms with van der Waals surface area (Å²) in [6, 6.07) is 5.19. The number of methoxy groups -OCH3 is 2. The third-order valence-electron chi connectivity index (χ3n) is 3.99.